The molecule has 1 aromatic carbocycles. The van der Waals surface area contributed by atoms with Gasteiger partial charge in [0.15, 0.2) is 0 Å². The van der Waals surface area contributed by atoms with Gasteiger partial charge in [-0.05, 0) is 62.2 Å². The Hall–Kier alpha value is -1.72. The summed E-state index contributed by atoms with van der Waals surface area (Å²) in [5, 5.41) is 0. The quantitative estimate of drug-likeness (QED) is 0.748. The molecule has 3 aliphatic heterocycles. The Morgan fingerprint density at radius 3 is 2.52 bits per heavy atom. The van der Waals surface area contributed by atoms with Crippen LogP contribution in [0.2, 0.25) is 0 Å². The zero-order valence-electron chi connectivity index (χ0n) is 16.2. The van der Waals surface area contributed by atoms with Gasteiger partial charge in [0.1, 0.15) is 6.29 Å². The second-order valence-electron chi connectivity index (χ2n) is 8.37. The summed E-state index contributed by atoms with van der Waals surface area (Å²) in [6.07, 6.45) is 6.90. The Balaban J connectivity index is 1.25. The molecule has 1 unspecified atom stereocenters. The molecule has 0 saturated carbocycles. The third kappa shape index (κ3) is 4.25. The topological polar surface area (TPSA) is 43.9 Å². The molecule has 2 saturated heterocycles. The third-order valence-electron chi connectivity index (χ3n) is 6.54. The number of aldehydes is 1. The molecule has 1 atom stereocenters. The Kier molecular flexibility index (Phi) is 5.89. The number of hydrogen-bond donors (Lipinski definition) is 0. The SMILES string of the molecule is O=CC1c2ccccc2CN1CC1CCN(CC(=O)N2CCCCC2)CC1. The maximum Gasteiger partial charge on any atom is 0.236 e. The summed E-state index contributed by atoms with van der Waals surface area (Å²) in [6.45, 7) is 6.32. The number of nitrogens with zero attached hydrogens (tertiary/aromatic N) is 3. The molecule has 0 spiro atoms. The normalized spacial score (nSPS) is 24.7. The average Bonchev–Trinajstić information content (AvgIpc) is 3.07. The molecule has 2 fully saturated rings. The summed E-state index contributed by atoms with van der Waals surface area (Å²) in [4.78, 5) is 30.8. The molecule has 1 amide bonds. The highest BCUT2D eigenvalue weighted by Crippen LogP contribution is 2.33. The van der Waals surface area contributed by atoms with Crippen LogP contribution in [0.15, 0.2) is 24.3 Å². The first-order chi connectivity index (χ1) is 13.2. The van der Waals surface area contributed by atoms with Crippen LogP contribution in [0.3, 0.4) is 0 Å². The van der Waals surface area contributed by atoms with Crippen molar-refractivity contribution in [1.82, 2.24) is 14.7 Å². The number of carbonyl (C=O) groups is 2. The van der Waals surface area contributed by atoms with Crippen molar-refractivity contribution in [3.8, 4) is 0 Å². The van der Waals surface area contributed by atoms with Crippen LogP contribution < -0.4 is 0 Å². The molecule has 5 nitrogen and oxygen atoms in total. The average molecular weight is 370 g/mol. The van der Waals surface area contributed by atoms with Gasteiger partial charge in [-0.1, -0.05) is 24.3 Å². The lowest BCUT2D eigenvalue weighted by molar-refractivity contribution is -0.133. The van der Waals surface area contributed by atoms with Crippen LogP contribution in [-0.2, 0) is 16.1 Å². The van der Waals surface area contributed by atoms with Gasteiger partial charge in [0, 0.05) is 26.2 Å². The van der Waals surface area contributed by atoms with Gasteiger partial charge in [-0.25, -0.2) is 0 Å². The molecule has 0 aromatic heterocycles. The minimum absolute atomic E-state index is 0.0834. The maximum absolute atomic E-state index is 12.5. The van der Waals surface area contributed by atoms with Gasteiger partial charge in [-0.3, -0.25) is 14.6 Å². The Labute approximate surface area is 162 Å². The first-order valence-electron chi connectivity index (χ1n) is 10.5. The standard InChI is InChI=1S/C22H31N3O2/c26-17-21-20-7-3-2-6-19(20)15-25(21)14-18-8-12-23(13-9-18)16-22(27)24-10-4-1-5-11-24/h2-3,6-7,17-18,21H,1,4-5,8-16H2. The van der Waals surface area contributed by atoms with Crippen molar-refractivity contribution >= 4 is 12.2 Å². The molecule has 0 bridgehead atoms. The predicted molar refractivity (Wildman–Crippen MR) is 105 cm³/mol. The van der Waals surface area contributed by atoms with Crippen LogP contribution in [0.25, 0.3) is 0 Å². The number of amides is 1. The number of benzene rings is 1. The van der Waals surface area contributed by atoms with E-state index in [1.54, 1.807) is 0 Å². The summed E-state index contributed by atoms with van der Waals surface area (Å²) in [7, 11) is 0. The second-order valence-corrected chi connectivity index (χ2v) is 8.37. The van der Waals surface area contributed by atoms with Crippen LogP contribution in [-0.4, -0.2) is 66.2 Å². The molecule has 0 radical (unpaired) electrons. The monoisotopic (exact) mass is 369 g/mol. The molecule has 27 heavy (non-hydrogen) atoms. The van der Waals surface area contributed by atoms with Crippen molar-refractivity contribution in [2.75, 3.05) is 39.3 Å². The van der Waals surface area contributed by atoms with Crippen LogP contribution in [0.4, 0.5) is 0 Å². The van der Waals surface area contributed by atoms with Gasteiger partial charge in [0.05, 0.1) is 12.6 Å². The molecule has 5 heteroatoms. The van der Waals surface area contributed by atoms with E-state index in [0.29, 0.717) is 18.4 Å². The fraction of sp³-hybridized carbons (Fsp3) is 0.636. The van der Waals surface area contributed by atoms with E-state index < -0.39 is 0 Å². The first-order valence-corrected chi connectivity index (χ1v) is 10.5. The highest BCUT2D eigenvalue weighted by molar-refractivity contribution is 5.78. The molecular formula is C22H31N3O2. The van der Waals surface area contributed by atoms with Crippen molar-refractivity contribution in [3.05, 3.63) is 35.4 Å². The van der Waals surface area contributed by atoms with Gasteiger partial charge >= 0.3 is 0 Å². The second kappa shape index (κ2) is 8.53. The van der Waals surface area contributed by atoms with Crippen LogP contribution in [0.1, 0.15) is 49.3 Å². The van der Waals surface area contributed by atoms with Crippen molar-refractivity contribution in [2.45, 2.75) is 44.7 Å². The molecule has 3 heterocycles. The zero-order chi connectivity index (χ0) is 18.6. The highest BCUT2D eigenvalue weighted by atomic mass is 16.2. The van der Waals surface area contributed by atoms with E-state index in [4.69, 9.17) is 0 Å². The fourth-order valence-corrected chi connectivity index (χ4v) is 4.91. The third-order valence-corrected chi connectivity index (χ3v) is 6.54. The van der Waals surface area contributed by atoms with Crippen LogP contribution in [0.5, 0.6) is 0 Å². The maximum atomic E-state index is 12.5. The summed E-state index contributed by atoms with van der Waals surface area (Å²) < 4.78 is 0. The number of piperidine rings is 2. The van der Waals surface area contributed by atoms with Gasteiger partial charge in [0.2, 0.25) is 5.91 Å². The highest BCUT2D eigenvalue weighted by Gasteiger charge is 2.32. The van der Waals surface area contributed by atoms with Crippen molar-refractivity contribution in [1.29, 1.82) is 0 Å². The summed E-state index contributed by atoms with van der Waals surface area (Å²) in [5.74, 6) is 0.923. The van der Waals surface area contributed by atoms with Gasteiger partial charge in [-0.15, -0.1) is 0 Å². The van der Waals surface area contributed by atoms with E-state index in [2.05, 4.69) is 28.0 Å². The first kappa shape index (κ1) is 18.6. The van der Waals surface area contributed by atoms with Gasteiger partial charge in [-0.2, -0.15) is 0 Å². The Morgan fingerprint density at radius 1 is 1.04 bits per heavy atom. The number of hydrogen-bond acceptors (Lipinski definition) is 4. The smallest absolute Gasteiger partial charge is 0.236 e. The Morgan fingerprint density at radius 2 is 1.78 bits per heavy atom. The molecular weight excluding hydrogens is 338 g/mol. The van der Waals surface area contributed by atoms with Gasteiger partial charge < -0.3 is 9.69 Å². The largest absolute Gasteiger partial charge is 0.342 e. The molecule has 0 aliphatic carbocycles. The lowest BCUT2D eigenvalue weighted by Gasteiger charge is -2.36. The zero-order valence-corrected chi connectivity index (χ0v) is 16.2. The Bertz CT molecular complexity index is 663. The number of rotatable bonds is 5. The predicted octanol–water partition coefficient (Wildman–Crippen LogP) is 2.47. The van der Waals surface area contributed by atoms with Crippen LogP contribution >= 0.6 is 0 Å². The minimum Gasteiger partial charge on any atom is -0.342 e. The van der Waals surface area contributed by atoms with Crippen molar-refractivity contribution in [3.63, 3.8) is 0 Å². The number of fused-ring (bicyclic) bond motifs is 1. The summed E-state index contributed by atoms with van der Waals surface area (Å²) >= 11 is 0. The minimum atomic E-state index is -0.0834. The lowest BCUT2D eigenvalue weighted by Crippen LogP contribution is -2.46. The molecule has 146 valence electrons. The van der Waals surface area contributed by atoms with E-state index in [1.165, 1.54) is 17.5 Å². The fourth-order valence-electron chi connectivity index (χ4n) is 4.91. The van der Waals surface area contributed by atoms with E-state index in [1.807, 2.05) is 11.0 Å². The van der Waals surface area contributed by atoms with Crippen molar-refractivity contribution < 1.29 is 9.59 Å². The molecule has 4 rings (SSSR count). The van der Waals surface area contributed by atoms with E-state index >= 15 is 0 Å². The molecule has 0 N–H and O–H groups in total. The van der Waals surface area contributed by atoms with E-state index in [9.17, 15) is 9.59 Å². The number of likely N-dealkylation sites (tertiary alicyclic amines) is 2. The molecule has 1 aromatic rings. The van der Waals surface area contributed by atoms with Crippen molar-refractivity contribution in [2.24, 2.45) is 5.92 Å². The number of carbonyl (C=O) groups excluding carboxylic acids is 2. The van der Waals surface area contributed by atoms with E-state index in [-0.39, 0.29) is 6.04 Å². The van der Waals surface area contributed by atoms with E-state index in [0.717, 1.165) is 71.2 Å². The molecule has 3 aliphatic rings. The lowest BCUT2D eigenvalue weighted by atomic mass is 9.95. The van der Waals surface area contributed by atoms with Gasteiger partial charge in [0.25, 0.3) is 0 Å². The van der Waals surface area contributed by atoms with Crippen LogP contribution in [0, 0.1) is 5.92 Å². The summed E-state index contributed by atoms with van der Waals surface area (Å²) in [5.41, 5.74) is 2.47. The summed E-state index contributed by atoms with van der Waals surface area (Å²) in [6, 6.07) is 8.22.